The first-order valence-corrected chi connectivity index (χ1v) is 12.7. The summed E-state index contributed by atoms with van der Waals surface area (Å²) in [7, 11) is 0. The second kappa shape index (κ2) is 8.60. The highest BCUT2D eigenvalue weighted by molar-refractivity contribution is 7.14. The Balaban J connectivity index is 1.37. The molecule has 0 fully saturated rings. The lowest BCUT2D eigenvalue weighted by Crippen LogP contribution is -2.18. The molecule has 164 valence electrons. The van der Waals surface area contributed by atoms with Crippen LogP contribution in [0.15, 0.2) is 83.3 Å². The maximum Gasteiger partial charge on any atom is 0.207 e. The van der Waals surface area contributed by atoms with E-state index in [1.807, 2.05) is 0 Å². The molecule has 3 nitrogen and oxygen atoms in total. The Morgan fingerprint density at radius 3 is 2.42 bits per heavy atom. The van der Waals surface area contributed by atoms with Gasteiger partial charge in [0.15, 0.2) is 0 Å². The lowest BCUT2D eigenvalue weighted by atomic mass is 9.89. The van der Waals surface area contributed by atoms with Gasteiger partial charge in [-0.25, -0.2) is 9.99 Å². The van der Waals surface area contributed by atoms with Crippen LogP contribution in [0.1, 0.15) is 53.1 Å². The van der Waals surface area contributed by atoms with Gasteiger partial charge in [-0.05, 0) is 60.9 Å². The number of fused-ring (bicyclic) bond motifs is 1. The third-order valence-electron chi connectivity index (χ3n) is 6.81. The van der Waals surface area contributed by atoms with Gasteiger partial charge >= 0.3 is 0 Å². The number of anilines is 1. The molecule has 0 amide bonds. The van der Waals surface area contributed by atoms with Crippen molar-refractivity contribution in [3.8, 4) is 11.3 Å². The number of rotatable bonds is 4. The Morgan fingerprint density at radius 1 is 0.848 bits per heavy atom. The molecule has 1 aliphatic heterocycles. The lowest BCUT2D eigenvalue weighted by Gasteiger charge is -2.21. The fourth-order valence-corrected chi connectivity index (χ4v) is 5.77. The van der Waals surface area contributed by atoms with Crippen molar-refractivity contribution in [2.24, 2.45) is 5.10 Å². The van der Waals surface area contributed by atoms with Gasteiger partial charge in [0.2, 0.25) is 5.13 Å². The largest absolute Gasteiger partial charge is 0.231 e. The fourth-order valence-electron chi connectivity index (χ4n) is 4.94. The molecular weight excluding hydrogens is 422 g/mol. The van der Waals surface area contributed by atoms with Gasteiger partial charge < -0.3 is 0 Å². The van der Waals surface area contributed by atoms with Crippen LogP contribution in [0.3, 0.4) is 0 Å². The van der Waals surface area contributed by atoms with Crippen LogP contribution in [0.5, 0.6) is 0 Å². The topological polar surface area (TPSA) is 28.5 Å². The van der Waals surface area contributed by atoms with Crippen LogP contribution in [-0.2, 0) is 12.8 Å². The molecule has 0 spiro atoms. The highest BCUT2D eigenvalue weighted by atomic mass is 32.1. The van der Waals surface area contributed by atoms with E-state index in [9.17, 15) is 0 Å². The molecule has 1 atom stereocenters. The Hall–Kier alpha value is -3.24. The highest BCUT2D eigenvalue weighted by Crippen LogP contribution is 2.39. The first kappa shape index (κ1) is 20.4. The molecule has 0 saturated heterocycles. The van der Waals surface area contributed by atoms with E-state index in [1.54, 1.807) is 11.3 Å². The predicted octanol–water partition coefficient (Wildman–Crippen LogP) is 7.35. The molecule has 33 heavy (non-hydrogen) atoms. The molecule has 1 aliphatic carbocycles. The SMILES string of the molecule is Cc1ccc(-c2csc(N3N=C(c4ccc5c(c4)CCCC5)C[C@@H]3c3ccccc3)n2)cc1. The fraction of sp³-hybridized carbons (Fsp3) is 0.241. The molecule has 0 radical (unpaired) electrons. The van der Waals surface area contributed by atoms with E-state index in [4.69, 9.17) is 10.1 Å². The molecule has 0 N–H and O–H groups in total. The van der Waals surface area contributed by atoms with Crippen LogP contribution in [0.2, 0.25) is 0 Å². The van der Waals surface area contributed by atoms with E-state index < -0.39 is 0 Å². The van der Waals surface area contributed by atoms with Gasteiger partial charge in [0, 0.05) is 17.4 Å². The van der Waals surface area contributed by atoms with Crippen LogP contribution in [0.25, 0.3) is 11.3 Å². The normalized spacial score (nSPS) is 17.7. The number of nitrogens with zero attached hydrogens (tertiary/aromatic N) is 3. The van der Waals surface area contributed by atoms with Crippen LogP contribution in [-0.4, -0.2) is 10.7 Å². The number of hydrogen-bond acceptors (Lipinski definition) is 4. The van der Waals surface area contributed by atoms with Crippen molar-refractivity contribution in [3.05, 3.63) is 106 Å². The maximum atomic E-state index is 5.15. The van der Waals surface area contributed by atoms with Gasteiger partial charge in [0.1, 0.15) is 0 Å². The first-order chi connectivity index (χ1) is 16.2. The summed E-state index contributed by atoms with van der Waals surface area (Å²) in [6.45, 7) is 2.11. The molecule has 2 heterocycles. The maximum absolute atomic E-state index is 5.15. The van der Waals surface area contributed by atoms with E-state index >= 15 is 0 Å². The summed E-state index contributed by atoms with van der Waals surface area (Å²) in [5, 5.41) is 10.4. The summed E-state index contributed by atoms with van der Waals surface area (Å²) in [6.07, 6.45) is 5.89. The molecule has 2 aliphatic rings. The summed E-state index contributed by atoms with van der Waals surface area (Å²) in [4.78, 5) is 5.00. The molecule has 0 saturated carbocycles. The quantitative estimate of drug-likeness (QED) is 0.326. The van der Waals surface area contributed by atoms with Crippen molar-refractivity contribution < 1.29 is 0 Å². The second-order valence-corrected chi connectivity index (χ2v) is 9.93. The zero-order valence-corrected chi connectivity index (χ0v) is 19.7. The molecule has 0 bridgehead atoms. The molecular formula is C29H27N3S. The van der Waals surface area contributed by atoms with E-state index in [1.165, 1.54) is 53.5 Å². The van der Waals surface area contributed by atoms with Crippen LogP contribution in [0, 0.1) is 6.92 Å². The Labute approximate surface area is 199 Å². The standard InChI is InChI=1S/C29H27N3S/c1-20-11-13-22(14-12-20)27-19-33-29(30-27)32-28(23-8-3-2-4-9-23)18-26(31-32)25-16-15-21-7-5-6-10-24(21)17-25/h2-4,8-9,11-17,19,28H,5-7,10,18H2,1H3/t28-/m1/s1. The van der Waals surface area contributed by atoms with Gasteiger partial charge in [0.05, 0.1) is 17.4 Å². The van der Waals surface area contributed by atoms with Gasteiger partial charge in [-0.15, -0.1) is 11.3 Å². The number of hydrazone groups is 1. The van der Waals surface area contributed by atoms with Gasteiger partial charge in [-0.3, -0.25) is 0 Å². The van der Waals surface area contributed by atoms with Crippen molar-refractivity contribution >= 4 is 22.2 Å². The van der Waals surface area contributed by atoms with Crippen molar-refractivity contribution in [1.82, 2.24) is 4.98 Å². The van der Waals surface area contributed by atoms with Gasteiger partial charge in [-0.1, -0.05) is 72.3 Å². The number of hydrogen-bond donors (Lipinski definition) is 0. The molecule has 4 aromatic rings. The Morgan fingerprint density at radius 2 is 1.61 bits per heavy atom. The van der Waals surface area contributed by atoms with E-state index in [0.29, 0.717) is 0 Å². The first-order valence-electron chi connectivity index (χ1n) is 11.8. The Kier molecular flexibility index (Phi) is 5.31. The minimum atomic E-state index is 0.161. The average Bonchev–Trinajstić information content (AvgIpc) is 3.53. The zero-order valence-electron chi connectivity index (χ0n) is 18.9. The van der Waals surface area contributed by atoms with E-state index in [2.05, 4.69) is 90.1 Å². The zero-order chi connectivity index (χ0) is 22.2. The number of thiazole rings is 1. The molecule has 4 heteroatoms. The molecule has 6 rings (SSSR count). The third kappa shape index (κ3) is 4.00. The van der Waals surface area contributed by atoms with Crippen molar-refractivity contribution in [2.45, 2.75) is 45.1 Å². The van der Waals surface area contributed by atoms with E-state index in [-0.39, 0.29) is 6.04 Å². The molecule has 3 aromatic carbocycles. The number of aryl methyl sites for hydroxylation is 3. The van der Waals surface area contributed by atoms with E-state index in [0.717, 1.165) is 28.5 Å². The minimum Gasteiger partial charge on any atom is -0.231 e. The minimum absolute atomic E-state index is 0.161. The number of aromatic nitrogens is 1. The second-order valence-electron chi connectivity index (χ2n) is 9.09. The van der Waals surface area contributed by atoms with Crippen LogP contribution < -0.4 is 5.01 Å². The van der Waals surface area contributed by atoms with Crippen LogP contribution in [0.4, 0.5) is 5.13 Å². The van der Waals surface area contributed by atoms with Gasteiger partial charge in [-0.2, -0.15) is 5.10 Å². The monoisotopic (exact) mass is 449 g/mol. The summed E-state index contributed by atoms with van der Waals surface area (Å²) in [6, 6.07) is 26.4. The van der Waals surface area contributed by atoms with Gasteiger partial charge in [0.25, 0.3) is 0 Å². The lowest BCUT2D eigenvalue weighted by molar-refractivity contribution is 0.685. The van der Waals surface area contributed by atoms with Crippen LogP contribution >= 0.6 is 11.3 Å². The third-order valence-corrected chi connectivity index (χ3v) is 7.64. The summed E-state index contributed by atoms with van der Waals surface area (Å²) >= 11 is 1.67. The predicted molar refractivity (Wildman–Crippen MR) is 138 cm³/mol. The summed E-state index contributed by atoms with van der Waals surface area (Å²) in [5.74, 6) is 0. The Bertz CT molecular complexity index is 1300. The molecule has 1 aromatic heterocycles. The summed E-state index contributed by atoms with van der Waals surface area (Å²) < 4.78 is 0. The van der Waals surface area contributed by atoms with Crippen molar-refractivity contribution in [1.29, 1.82) is 0 Å². The molecule has 0 unspecified atom stereocenters. The van der Waals surface area contributed by atoms with Crippen molar-refractivity contribution in [3.63, 3.8) is 0 Å². The average molecular weight is 450 g/mol. The van der Waals surface area contributed by atoms with Crippen molar-refractivity contribution in [2.75, 3.05) is 5.01 Å². The number of benzene rings is 3. The summed E-state index contributed by atoms with van der Waals surface area (Å²) in [5.41, 5.74) is 10.1. The highest BCUT2D eigenvalue weighted by Gasteiger charge is 2.32. The smallest absolute Gasteiger partial charge is 0.207 e.